The number of nitro benzene ring substituents is 1. The number of nitrogens with zero attached hydrogens (tertiary/aromatic N) is 1. The summed E-state index contributed by atoms with van der Waals surface area (Å²) < 4.78 is 0. The number of hydrogen-bond acceptors (Lipinski definition) is 3. The predicted molar refractivity (Wildman–Crippen MR) is 72.5 cm³/mol. The largest absolute Gasteiger partial charge is 0.312 e. The van der Waals surface area contributed by atoms with E-state index < -0.39 is 4.92 Å². The van der Waals surface area contributed by atoms with Gasteiger partial charge in [-0.05, 0) is 31.5 Å². The molecule has 0 heterocycles. The Hall–Kier alpha value is -1.57. The zero-order chi connectivity index (χ0) is 13.4. The van der Waals surface area contributed by atoms with Crippen LogP contribution in [0.15, 0.2) is 18.2 Å². The van der Waals surface area contributed by atoms with Crippen LogP contribution in [0.4, 0.5) is 5.69 Å². The van der Waals surface area contributed by atoms with Crippen molar-refractivity contribution in [2.45, 2.75) is 25.8 Å². The van der Waals surface area contributed by atoms with Crippen LogP contribution in [0.5, 0.6) is 0 Å². The first-order valence-electron chi connectivity index (χ1n) is 5.72. The highest BCUT2D eigenvalue weighted by molar-refractivity contribution is 6.30. The molecular weight excluding hydrogens is 252 g/mol. The molecule has 0 aliphatic heterocycles. The van der Waals surface area contributed by atoms with E-state index in [1.807, 2.05) is 0 Å². The van der Waals surface area contributed by atoms with Gasteiger partial charge >= 0.3 is 0 Å². The lowest BCUT2D eigenvalue weighted by Gasteiger charge is -2.05. The van der Waals surface area contributed by atoms with Crippen molar-refractivity contribution in [2.24, 2.45) is 0 Å². The van der Waals surface area contributed by atoms with Gasteiger partial charge in [0.2, 0.25) is 0 Å². The molecule has 0 saturated carbocycles. The number of halogens is 1. The Morgan fingerprint density at radius 3 is 2.89 bits per heavy atom. The zero-order valence-electron chi connectivity index (χ0n) is 9.99. The van der Waals surface area contributed by atoms with Crippen molar-refractivity contribution in [2.75, 3.05) is 6.54 Å². The first-order chi connectivity index (χ1) is 8.65. The summed E-state index contributed by atoms with van der Waals surface area (Å²) in [5.74, 6) is 2.57. The molecule has 1 rings (SSSR count). The van der Waals surface area contributed by atoms with Gasteiger partial charge in [-0.2, -0.15) is 0 Å². The van der Waals surface area contributed by atoms with Crippen LogP contribution in [0.25, 0.3) is 0 Å². The van der Waals surface area contributed by atoms with Crippen molar-refractivity contribution in [3.05, 3.63) is 38.9 Å². The van der Waals surface area contributed by atoms with Gasteiger partial charge < -0.3 is 5.32 Å². The number of rotatable bonds is 7. The van der Waals surface area contributed by atoms with Crippen LogP contribution in [-0.2, 0) is 6.54 Å². The summed E-state index contributed by atoms with van der Waals surface area (Å²) in [6.45, 7) is 1.25. The van der Waals surface area contributed by atoms with E-state index in [-0.39, 0.29) is 5.69 Å². The second-order valence-electron chi connectivity index (χ2n) is 3.87. The average Bonchev–Trinajstić information content (AvgIpc) is 2.35. The summed E-state index contributed by atoms with van der Waals surface area (Å²) in [5.41, 5.74) is 0.694. The van der Waals surface area contributed by atoms with Crippen LogP contribution in [0.1, 0.15) is 24.8 Å². The molecule has 0 atom stereocenters. The van der Waals surface area contributed by atoms with Gasteiger partial charge in [0.15, 0.2) is 0 Å². The fourth-order valence-corrected chi connectivity index (χ4v) is 1.72. The normalized spacial score (nSPS) is 10.0. The third kappa shape index (κ3) is 4.74. The van der Waals surface area contributed by atoms with Crippen LogP contribution < -0.4 is 5.32 Å². The van der Waals surface area contributed by atoms with E-state index in [1.165, 1.54) is 6.07 Å². The minimum absolute atomic E-state index is 0.0543. The first-order valence-corrected chi connectivity index (χ1v) is 6.10. The number of nitrogens with one attached hydrogen (secondary N) is 1. The summed E-state index contributed by atoms with van der Waals surface area (Å²) in [7, 11) is 0. The summed E-state index contributed by atoms with van der Waals surface area (Å²) in [6, 6.07) is 4.70. The highest BCUT2D eigenvalue weighted by atomic mass is 35.5. The standard InChI is InChI=1S/C13H15ClN2O2/c1-2-3-4-5-8-15-10-11-6-7-12(14)9-13(11)16(17)18/h1,6-7,9,15H,3-5,8,10H2. The lowest BCUT2D eigenvalue weighted by Crippen LogP contribution is -2.15. The number of hydrogen-bond donors (Lipinski definition) is 1. The van der Waals surface area contributed by atoms with Gasteiger partial charge in [-0.25, -0.2) is 0 Å². The SMILES string of the molecule is C#CCCCCNCc1ccc(Cl)cc1[N+](=O)[O-]. The maximum Gasteiger partial charge on any atom is 0.275 e. The van der Waals surface area contributed by atoms with Gasteiger partial charge in [0.25, 0.3) is 5.69 Å². The third-order valence-electron chi connectivity index (χ3n) is 2.48. The van der Waals surface area contributed by atoms with Gasteiger partial charge in [0.05, 0.1) is 4.92 Å². The molecule has 1 aromatic rings. The van der Waals surface area contributed by atoms with E-state index in [4.69, 9.17) is 18.0 Å². The summed E-state index contributed by atoms with van der Waals surface area (Å²) >= 11 is 5.74. The molecule has 0 aliphatic carbocycles. The summed E-state index contributed by atoms with van der Waals surface area (Å²) in [5, 5.41) is 14.4. The Kier molecular flexibility index (Phi) is 6.20. The van der Waals surface area contributed by atoms with E-state index in [0.717, 1.165) is 25.8 Å². The summed E-state index contributed by atoms with van der Waals surface area (Å²) in [6.07, 6.45) is 7.84. The van der Waals surface area contributed by atoms with Crippen LogP contribution >= 0.6 is 11.6 Å². The molecule has 1 N–H and O–H groups in total. The minimum Gasteiger partial charge on any atom is -0.312 e. The van der Waals surface area contributed by atoms with Crippen molar-refractivity contribution in [3.63, 3.8) is 0 Å². The lowest BCUT2D eigenvalue weighted by atomic mass is 10.1. The fourth-order valence-electron chi connectivity index (χ4n) is 1.56. The first kappa shape index (κ1) is 14.5. The number of nitro groups is 1. The van der Waals surface area contributed by atoms with E-state index in [1.54, 1.807) is 12.1 Å². The zero-order valence-corrected chi connectivity index (χ0v) is 10.7. The van der Waals surface area contributed by atoms with Crippen molar-refractivity contribution in [3.8, 4) is 12.3 Å². The van der Waals surface area contributed by atoms with Crippen molar-refractivity contribution >= 4 is 17.3 Å². The molecule has 5 heteroatoms. The van der Waals surface area contributed by atoms with Gasteiger partial charge in [0.1, 0.15) is 0 Å². The molecule has 0 aromatic heterocycles. The Bertz CT molecular complexity index is 455. The molecule has 1 aromatic carbocycles. The second-order valence-corrected chi connectivity index (χ2v) is 4.30. The highest BCUT2D eigenvalue weighted by Gasteiger charge is 2.13. The molecule has 0 spiro atoms. The van der Waals surface area contributed by atoms with Crippen LogP contribution in [-0.4, -0.2) is 11.5 Å². The fraction of sp³-hybridized carbons (Fsp3) is 0.385. The molecule has 0 amide bonds. The molecule has 0 aliphatic rings. The second kappa shape index (κ2) is 7.70. The molecule has 0 fully saturated rings. The molecule has 0 saturated heterocycles. The molecule has 0 bridgehead atoms. The lowest BCUT2D eigenvalue weighted by molar-refractivity contribution is -0.385. The Morgan fingerprint density at radius 2 is 2.22 bits per heavy atom. The average molecular weight is 267 g/mol. The van der Waals surface area contributed by atoms with Gasteiger partial charge in [0, 0.05) is 29.6 Å². The molecule has 0 radical (unpaired) electrons. The van der Waals surface area contributed by atoms with E-state index in [0.29, 0.717) is 17.1 Å². The minimum atomic E-state index is -0.415. The number of terminal acetylenes is 1. The molecule has 0 unspecified atom stereocenters. The predicted octanol–water partition coefficient (Wildman–Crippen LogP) is 3.14. The molecule has 18 heavy (non-hydrogen) atoms. The van der Waals surface area contributed by atoms with Crippen LogP contribution in [0, 0.1) is 22.5 Å². The molecule has 96 valence electrons. The molecular formula is C13H15ClN2O2. The van der Waals surface area contributed by atoms with Crippen molar-refractivity contribution in [1.82, 2.24) is 5.32 Å². The van der Waals surface area contributed by atoms with Gasteiger partial charge in [-0.15, -0.1) is 12.3 Å². The van der Waals surface area contributed by atoms with Gasteiger partial charge in [-0.1, -0.05) is 11.6 Å². The van der Waals surface area contributed by atoms with E-state index in [2.05, 4.69) is 11.2 Å². The maximum absolute atomic E-state index is 10.8. The Labute approximate surface area is 111 Å². The third-order valence-corrected chi connectivity index (χ3v) is 2.72. The Balaban J connectivity index is 2.47. The topological polar surface area (TPSA) is 55.2 Å². The number of benzene rings is 1. The maximum atomic E-state index is 10.8. The Morgan fingerprint density at radius 1 is 1.44 bits per heavy atom. The van der Waals surface area contributed by atoms with Crippen molar-refractivity contribution < 1.29 is 4.92 Å². The number of unbranched alkanes of at least 4 members (excludes halogenated alkanes) is 2. The van der Waals surface area contributed by atoms with E-state index >= 15 is 0 Å². The quantitative estimate of drug-likeness (QED) is 0.357. The smallest absolute Gasteiger partial charge is 0.275 e. The monoisotopic (exact) mass is 266 g/mol. The molecule has 4 nitrogen and oxygen atoms in total. The van der Waals surface area contributed by atoms with Gasteiger partial charge in [-0.3, -0.25) is 10.1 Å². The van der Waals surface area contributed by atoms with Crippen LogP contribution in [0.2, 0.25) is 5.02 Å². The van der Waals surface area contributed by atoms with Crippen molar-refractivity contribution in [1.29, 1.82) is 0 Å². The highest BCUT2D eigenvalue weighted by Crippen LogP contribution is 2.22. The van der Waals surface area contributed by atoms with E-state index in [9.17, 15) is 10.1 Å². The summed E-state index contributed by atoms with van der Waals surface area (Å²) in [4.78, 5) is 10.4. The van der Waals surface area contributed by atoms with Crippen LogP contribution in [0.3, 0.4) is 0 Å².